The minimum atomic E-state index is -0.661. The summed E-state index contributed by atoms with van der Waals surface area (Å²) in [6.45, 7) is 6.16. The van der Waals surface area contributed by atoms with Crippen LogP contribution in [0.25, 0.3) is 0 Å². The van der Waals surface area contributed by atoms with Crippen LogP contribution in [-0.4, -0.2) is 59.2 Å². The fraction of sp³-hybridized carbons (Fsp3) is 0.423. The van der Waals surface area contributed by atoms with Crippen molar-refractivity contribution < 1.29 is 18.8 Å². The Kier molecular flexibility index (Phi) is 6.70. The van der Waals surface area contributed by atoms with Crippen LogP contribution in [0.2, 0.25) is 0 Å². The Morgan fingerprint density at radius 1 is 1.06 bits per heavy atom. The lowest BCUT2D eigenvalue weighted by atomic mass is 9.75. The van der Waals surface area contributed by atoms with Gasteiger partial charge in [0.15, 0.2) is 0 Å². The number of nitrogens with one attached hydrogen (secondary N) is 2. The van der Waals surface area contributed by atoms with Gasteiger partial charge in [-0.15, -0.1) is 0 Å². The second-order valence-corrected chi connectivity index (χ2v) is 9.39. The van der Waals surface area contributed by atoms with Gasteiger partial charge in [-0.3, -0.25) is 19.3 Å². The lowest BCUT2D eigenvalue weighted by Gasteiger charge is -2.45. The van der Waals surface area contributed by atoms with Gasteiger partial charge in [-0.2, -0.15) is 0 Å². The SMILES string of the molecule is CC(=O)N[C@@]12CN(C(C)=O)CC[C@@H]1[C@@H](c1ccccc1)N(CC(=O)Nc1cccc(F)c1C)C2. The summed E-state index contributed by atoms with van der Waals surface area (Å²) in [4.78, 5) is 41.4. The molecule has 2 fully saturated rings. The maximum Gasteiger partial charge on any atom is 0.238 e. The van der Waals surface area contributed by atoms with Crippen molar-refractivity contribution in [3.63, 3.8) is 0 Å². The minimum Gasteiger partial charge on any atom is -0.347 e. The number of amides is 3. The Morgan fingerprint density at radius 2 is 1.79 bits per heavy atom. The van der Waals surface area contributed by atoms with E-state index in [1.807, 2.05) is 30.3 Å². The standard InChI is InChI=1S/C26H31FN4O3/c1-17-22(27)10-7-11-23(17)28-24(34)14-31-16-26(29-18(2)32)15-30(19(3)33)13-12-21(26)25(31)20-8-5-4-6-9-20/h4-11,21,25H,12-16H2,1-3H3,(H,28,34)(H,29,32)/t21-,25-,26-/m1/s1. The van der Waals surface area contributed by atoms with Gasteiger partial charge in [0.25, 0.3) is 0 Å². The average molecular weight is 467 g/mol. The molecular formula is C26H31FN4O3. The molecule has 2 N–H and O–H groups in total. The zero-order chi connectivity index (χ0) is 24.5. The lowest BCUT2D eigenvalue weighted by molar-refractivity contribution is -0.134. The number of benzene rings is 2. The number of piperidine rings is 1. The molecule has 34 heavy (non-hydrogen) atoms. The van der Waals surface area contributed by atoms with Crippen molar-refractivity contribution >= 4 is 23.4 Å². The van der Waals surface area contributed by atoms with Crippen molar-refractivity contribution in [3.8, 4) is 0 Å². The number of halogens is 1. The highest BCUT2D eigenvalue weighted by atomic mass is 19.1. The molecule has 2 aromatic rings. The van der Waals surface area contributed by atoms with Crippen LogP contribution < -0.4 is 10.6 Å². The Morgan fingerprint density at radius 3 is 2.47 bits per heavy atom. The second-order valence-electron chi connectivity index (χ2n) is 9.39. The third-order valence-electron chi connectivity index (χ3n) is 7.05. The van der Waals surface area contributed by atoms with E-state index in [0.29, 0.717) is 37.3 Å². The summed E-state index contributed by atoms with van der Waals surface area (Å²) < 4.78 is 14.0. The number of anilines is 1. The van der Waals surface area contributed by atoms with Gasteiger partial charge in [0.2, 0.25) is 17.7 Å². The molecule has 4 rings (SSSR count). The number of carbonyl (C=O) groups is 3. The summed E-state index contributed by atoms with van der Waals surface area (Å²) in [5.74, 6) is -0.796. The third-order valence-corrected chi connectivity index (χ3v) is 7.05. The van der Waals surface area contributed by atoms with E-state index in [-0.39, 0.29) is 42.0 Å². The Labute approximate surface area is 199 Å². The van der Waals surface area contributed by atoms with E-state index in [2.05, 4.69) is 15.5 Å². The van der Waals surface area contributed by atoms with Gasteiger partial charge in [-0.1, -0.05) is 36.4 Å². The minimum absolute atomic E-state index is 0.0260. The van der Waals surface area contributed by atoms with Gasteiger partial charge < -0.3 is 15.5 Å². The van der Waals surface area contributed by atoms with Crippen molar-refractivity contribution in [1.82, 2.24) is 15.1 Å². The lowest BCUT2D eigenvalue weighted by Crippen LogP contribution is -2.64. The molecule has 2 heterocycles. The normalized spacial score (nSPS) is 24.4. The zero-order valence-electron chi connectivity index (χ0n) is 19.8. The summed E-state index contributed by atoms with van der Waals surface area (Å²) in [7, 11) is 0. The molecule has 0 radical (unpaired) electrons. The number of likely N-dealkylation sites (tertiary alicyclic amines) is 2. The number of hydrogen-bond acceptors (Lipinski definition) is 4. The molecule has 8 heteroatoms. The van der Waals surface area contributed by atoms with Gasteiger partial charge in [-0.25, -0.2) is 4.39 Å². The maximum atomic E-state index is 14.0. The van der Waals surface area contributed by atoms with E-state index >= 15 is 0 Å². The molecule has 3 amide bonds. The summed E-state index contributed by atoms with van der Waals surface area (Å²) in [6, 6.07) is 14.4. The van der Waals surface area contributed by atoms with Crippen LogP contribution in [0, 0.1) is 18.7 Å². The molecule has 0 aromatic heterocycles. The molecule has 2 saturated heterocycles. The first-order valence-electron chi connectivity index (χ1n) is 11.6. The van der Waals surface area contributed by atoms with E-state index in [0.717, 1.165) is 5.56 Å². The third kappa shape index (κ3) is 4.68. The zero-order valence-corrected chi connectivity index (χ0v) is 19.8. The second kappa shape index (κ2) is 9.54. The summed E-state index contributed by atoms with van der Waals surface area (Å²) in [5.41, 5.74) is 1.23. The van der Waals surface area contributed by atoms with Crippen LogP contribution in [0.15, 0.2) is 48.5 Å². The molecular weight excluding hydrogens is 435 g/mol. The highest BCUT2D eigenvalue weighted by Gasteiger charge is 2.56. The first kappa shape index (κ1) is 23.9. The van der Waals surface area contributed by atoms with Crippen LogP contribution in [-0.2, 0) is 14.4 Å². The van der Waals surface area contributed by atoms with Crippen molar-refractivity contribution in [1.29, 1.82) is 0 Å². The predicted octanol–water partition coefficient (Wildman–Crippen LogP) is 2.87. The van der Waals surface area contributed by atoms with Crippen molar-refractivity contribution in [2.75, 3.05) is 31.5 Å². The van der Waals surface area contributed by atoms with E-state index in [1.165, 1.54) is 19.9 Å². The van der Waals surface area contributed by atoms with E-state index in [1.54, 1.807) is 24.0 Å². The largest absolute Gasteiger partial charge is 0.347 e. The summed E-state index contributed by atoms with van der Waals surface area (Å²) >= 11 is 0. The first-order valence-corrected chi connectivity index (χ1v) is 11.6. The smallest absolute Gasteiger partial charge is 0.238 e. The summed E-state index contributed by atoms with van der Waals surface area (Å²) in [5, 5.41) is 5.99. The number of rotatable bonds is 5. The van der Waals surface area contributed by atoms with Crippen LogP contribution in [0.3, 0.4) is 0 Å². The van der Waals surface area contributed by atoms with Gasteiger partial charge in [-0.05, 0) is 31.0 Å². The Balaban J connectivity index is 1.65. The van der Waals surface area contributed by atoms with Crippen LogP contribution in [0.5, 0.6) is 0 Å². The fourth-order valence-corrected chi connectivity index (χ4v) is 5.61. The van der Waals surface area contributed by atoms with Crippen LogP contribution in [0.1, 0.15) is 37.4 Å². The molecule has 0 bridgehead atoms. The van der Waals surface area contributed by atoms with Gasteiger partial charge in [0, 0.05) is 56.7 Å². The number of hydrogen-bond donors (Lipinski definition) is 2. The molecule has 7 nitrogen and oxygen atoms in total. The highest BCUT2D eigenvalue weighted by molar-refractivity contribution is 5.93. The van der Waals surface area contributed by atoms with Crippen molar-refractivity contribution in [2.45, 2.75) is 38.8 Å². The maximum absolute atomic E-state index is 14.0. The van der Waals surface area contributed by atoms with Gasteiger partial charge in [0.05, 0.1) is 12.1 Å². The van der Waals surface area contributed by atoms with E-state index in [4.69, 9.17) is 0 Å². The quantitative estimate of drug-likeness (QED) is 0.710. The fourth-order valence-electron chi connectivity index (χ4n) is 5.61. The topological polar surface area (TPSA) is 81.8 Å². The summed E-state index contributed by atoms with van der Waals surface area (Å²) in [6.07, 6.45) is 0.709. The molecule has 3 atom stereocenters. The highest BCUT2D eigenvalue weighted by Crippen LogP contribution is 2.47. The average Bonchev–Trinajstić information content (AvgIpc) is 3.09. The van der Waals surface area contributed by atoms with Gasteiger partial charge >= 0.3 is 0 Å². The number of fused-ring (bicyclic) bond motifs is 1. The van der Waals surface area contributed by atoms with Crippen LogP contribution in [0.4, 0.5) is 10.1 Å². The van der Waals surface area contributed by atoms with Crippen molar-refractivity contribution in [3.05, 3.63) is 65.5 Å². The van der Waals surface area contributed by atoms with Crippen LogP contribution >= 0.6 is 0 Å². The molecule has 0 spiro atoms. The van der Waals surface area contributed by atoms with Crippen molar-refractivity contribution in [2.24, 2.45) is 5.92 Å². The van der Waals surface area contributed by atoms with E-state index in [9.17, 15) is 18.8 Å². The monoisotopic (exact) mass is 466 g/mol. The molecule has 2 aromatic carbocycles. The first-order chi connectivity index (χ1) is 16.2. The van der Waals surface area contributed by atoms with E-state index < -0.39 is 5.54 Å². The molecule has 180 valence electrons. The Bertz CT molecular complexity index is 1090. The predicted molar refractivity (Wildman–Crippen MR) is 127 cm³/mol. The Hall–Kier alpha value is -3.26. The molecule has 0 aliphatic carbocycles. The van der Waals surface area contributed by atoms with Gasteiger partial charge in [0.1, 0.15) is 5.82 Å². The molecule has 2 aliphatic rings. The molecule has 0 saturated carbocycles. The molecule has 0 unspecified atom stereocenters. The number of carbonyl (C=O) groups excluding carboxylic acids is 3. The molecule has 2 aliphatic heterocycles. The number of nitrogens with zero attached hydrogens (tertiary/aromatic N) is 2.